The van der Waals surface area contributed by atoms with Gasteiger partial charge in [-0.1, -0.05) is 12.1 Å². The summed E-state index contributed by atoms with van der Waals surface area (Å²) in [4.78, 5) is 22.3. The molecule has 2 heterocycles. The van der Waals surface area contributed by atoms with E-state index in [2.05, 4.69) is 9.97 Å². The van der Waals surface area contributed by atoms with E-state index in [4.69, 9.17) is 5.73 Å². The number of carbonyl (C=O) groups excluding carboxylic acids is 1. The monoisotopic (exact) mass is 300 g/mol. The van der Waals surface area contributed by atoms with E-state index in [9.17, 15) is 9.18 Å². The molecule has 0 saturated carbocycles. The summed E-state index contributed by atoms with van der Waals surface area (Å²) in [6.45, 7) is 1.70. The molecule has 2 aromatic rings. The number of anilines is 1. The van der Waals surface area contributed by atoms with Crippen molar-refractivity contribution >= 4 is 11.9 Å². The maximum Gasteiger partial charge on any atom is 0.267 e. The number of hydrogen-bond donors (Lipinski definition) is 1. The van der Waals surface area contributed by atoms with Gasteiger partial charge in [0.15, 0.2) is 0 Å². The van der Waals surface area contributed by atoms with Crippen molar-refractivity contribution in [1.82, 2.24) is 9.97 Å². The largest absolute Gasteiger partial charge is 0.364 e. The molecular weight excluding hydrogens is 283 g/mol. The lowest BCUT2D eigenvalue weighted by Crippen LogP contribution is -2.31. The summed E-state index contributed by atoms with van der Waals surface area (Å²) in [7, 11) is 0. The van der Waals surface area contributed by atoms with Gasteiger partial charge in [0.1, 0.15) is 11.5 Å². The molecule has 1 saturated heterocycles. The molecule has 5 nitrogen and oxygen atoms in total. The van der Waals surface area contributed by atoms with E-state index in [0.717, 1.165) is 25.9 Å². The number of nitrogens with zero attached hydrogens (tertiary/aromatic N) is 3. The highest BCUT2D eigenvalue weighted by atomic mass is 19.1. The quantitative estimate of drug-likeness (QED) is 0.944. The van der Waals surface area contributed by atoms with Gasteiger partial charge in [0, 0.05) is 18.7 Å². The fourth-order valence-electron chi connectivity index (χ4n) is 2.59. The Balaban J connectivity index is 2.05. The molecule has 1 amide bonds. The molecular formula is C16H17FN4O. The van der Waals surface area contributed by atoms with Crippen molar-refractivity contribution in [3.63, 3.8) is 0 Å². The van der Waals surface area contributed by atoms with Crippen LogP contribution in [0, 0.1) is 5.82 Å². The summed E-state index contributed by atoms with van der Waals surface area (Å²) >= 11 is 0. The molecule has 2 N–H and O–H groups in total. The van der Waals surface area contributed by atoms with Gasteiger partial charge in [-0.05, 0) is 37.5 Å². The minimum absolute atomic E-state index is 0.148. The topological polar surface area (TPSA) is 72.1 Å². The van der Waals surface area contributed by atoms with Gasteiger partial charge in [-0.2, -0.15) is 0 Å². The van der Waals surface area contributed by atoms with Crippen molar-refractivity contribution in [3.8, 4) is 11.3 Å². The fourth-order valence-corrected chi connectivity index (χ4v) is 2.59. The van der Waals surface area contributed by atoms with Gasteiger partial charge in [0.2, 0.25) is 5.95 Å². The van der Waals surface area contributed by atoms with Crippen LogP contribution in [-0.4, -0.2) is 29.0 Å². The van der Waals surface area contributed by atoms with Crippen LogP contribution in [0.3, 0.4) is 0 Å². The highest BCUT2D eigenvalue weighted by Gasteiger charge is 2.17. The SMILES string of the molecule is NC(=O)c1cc(-c2cccc(F)c2)nc(N2CCCCC2)n1. The van der Waals surface area contributed by atoms with Gasteiger partial charge in [-0.3, -0.25) is 4.79 Å². The van der Waals surface area contributed by atoms with Crippen molar-refractivity contribution in [2.75, 3.05) is 18.0 Å². The van der Waals surface area contributed by atoms with Crippen LogP contribution in [0.25, 0.3) is 11.3 Å². The van der Waals surface area contributed by atoms with Crippen LogP contribution in [0.4, 0.5) is 10.3 Å². The van der Waals surface area contributed by atoms with E-state index >= 15 is 0 Å². The second kappa shape index (κ2) is 6.09. The average molecular weight is 300 g/mol. The minimum Gasteiger partial charge on any atom is -0.364 e. The molecule has 1 aromatic carbocycles. The van der Waals surface area contributed by atoms with Crippen molar-refractivity contribution in [2.45, 2.75) is 19.3 Å². The standard InChI is InChI=1S/C16H17FN4O/c17-12-6-4-5-11(9-12)13-10-14(15(18)22)20-16(19-13)21-7-2-1-3-8-21/h4-6,9-10H,1-3,7-8H2,(H2,18,22). The van der Waals surface area contributed by atoms with Crippen molar-refractivity contribution in [3.05, 3.63) is 41.8 Å². The second-order valence-electron chi connectivity index (χ2n) is 5.36. The van der Waals surface area contributed by atoms with Gasteiger partial charge in [0.25, 0.3) is 5.91 Å². The first kappa shape index (κ1) is 14.4. The Morgan fingerprint density at radius 2 is 1.91 bits per heavy atom. The number of nitrogens with two attached hydrogens (primary N) is 1. The molecule has 0 bridgehead atoms. The summed E-state index contributed by atoms with van der Waals surface area (Å²) in [6.07, 6.45) is 3.32. The number of primary amides is 1. The van der Waals surface area contributed by atoms with E-state index in [0.29, 0.717) is 17.2 Å². The lowest BCUT2D eigenvalue weighted by atomic mass is 10.1. The van der Waals surface area contributed by atoms with Crippen LogP contribution in [0.1, 0.15) is 29.8 Å². The van der Waals surface area contributed by atoms with E-state index in [1.54, 1.807) is 12.1 Å². The van der Waals surface area contributed by atoms with Crippen LogP contribution in [0.15, 0.2) is 30.3 Å². The third-order valence-corrected chi connectivity index (χ3v) is 3.73. The average Bonchev–Trinajstić information content (AvgIpc) is 2.55. The van der Waals surface area contributed by atoms with E-state index in [1.807, 2.05) is 4.90 Å². The predicted octanol–water partition coefficient (Wildman–Crippen LogP) is 2.37. The van der Waals surface area contributed by atoms with Crippen LogP contribution in [-0.2, 0) is 0 Å². The number of amides is 1. The van der Waals surface area contributed by atoms with Gasteiger partial charge in [-0.25, -0.2) is 14.4 Å². The van der Waals surface area contributed by atoms with Gasteiger partial charge >= 0.3 is 0 Å². The zero-order valence-electron chi connectivity index (χ0n) is 12.1. The predicted molar refractivity (Wildman–Crippen MR) is 82.0 cm³/mol. The maximum atomic E-state index is 13.4. The molecule has 1 fully saturated rings. The Kier molecular flexibility index (Phi) is 4.00. The first-order chi connectivity index (χ1) is 10.6. The zero-order valence-corrected chi connectivity index (χ0v) is 12.1. The summed E-state index contributed by atoms with van der Waals surface area (Å²) in [5.41, 5.74) is 6.62. The lowest BCUT2D eigenvalue weighted by molar-refractivity contribution is 0.0995. The maximum absolute atomic E-state index is 13.4. The molecule has 1 aromatic heterocycles. The lowest BCUT2D eigenvalue weighted by Gasteiger charge is -2.27. The van der Waals surface area contributed by atoms with Crippen LogP contribution in [0.2, 0.25) is 0 Å². The third kappa shape index (κ3) is 3.05. The van der Waals surface area contributed by atoms with Crippen molar-refractivity contribution < 1.29 is 9.18 Å². The Labute approximate surface area is 128 Å². The normalized spacial score (nSPS) is 14.9. The number of halogens is 1. The smallest absolute Gasteiger partial charge is 0.267 e. The molecule has 3 rings (SSSR count). The highest BCUT2D eigenvalue weighted by molar-refractivity contribution is 5.92. The Morgan fingerprint density at radius 1 is 1.14 bits per heavy atom. The van der Waals surface area contributed by atoms with Gasteiger partial charge in [-0.15, -0.1) is 0 Å². The molecule has 6 heteroatoms. The number of benzene rings is 1. The van der Waals surface area contributed by atoms with Gasteiger partial charge in [0.05, 0.1) is 5.69 Å². The number of aromatic nitrogens is 2. The molecule has 1 aliphatic rings. The molecule has 22 heavy (non-hydrogen) atoms. The summed E-state index contributed by atoms with van der Waals surface area (Å²) in [6, 6.07) is 7.61. The number of rotatable bonds is 3. The van der Waals surface area contributed by atoms with E-state index in [1.165, 1.54) is 24.6 Å². The molecule has 0 aliphatic carbocycles. The van der Waals surface area contributed by atoms with Crippen molar-refractivity contribution in [2.24, 2.45) is 5.73 Å². The van der Waals surface area contributed by atoms with Crippen LogP contribution < -0.4 is 10.6 Å². The third-order valence-electron chi connectivity index (χ3n) is 3.73. The molecule has 0 atom stereocenters. The summed E-state index contributed by atoms with van der Waals surface area (Å²) < 4.78 is 13.4. The first-order valence-corrected chi connectivity index (χ1v) is 7.33. The Morgan fingerprint density at radius 3 is 2.59 bits per heavy atom. The molecule has 1 aliphatic heterocycles. The summed E-state index contributed by atoms with van der Waals surface area (Å²) in [5.74, 6) is -0.482. The molecule has 0 radical (unpaired) electrons. The number of piperidine rings is 1. The number of hydrogen-bond acceptors (Lipinski definition) is 4. The number of carbonyl (C=O) groups is 1. The van der Waals surface area contributed by atoms with E-state index < -0.39 is 5.91 Å². The summed E-state index contributed by atoms with van der Waals surface area (Å²) in [5, 5.41) is 0. The fraction of sp³-hybridized carbons (Fsp3) is 0.312. The second-order valence-corrected chi connectivity index (χ2v) is 5.36. The Hall–Kier alpha value is -2.50. The highest BCUT2D eigenvalue weighted by Crippen LogP contribution is 2.23. The minimum atomic E-state index is -0.613. The molecule has 114 valence electrons. The van der Waals surface area contributed by atoms with Crippen LogP contribution >= 0.6 is 0 Å². The molecule has 0 unspecified atom stereocenters. The van der Waals surface area contributed by atoms with E-state index in [-0.39, 0.29) is 11.5 Å². The molecule has 0 spiro atoms. The Bertz CT molecular complexity index is 698. The van der Waals surface area contributed by atoms with Crippen LogP contribution in [0.5, 0.6) is 0 Å². The van der Waals surface area contributed by atoms with Crippen molar-refractivity contribution in [1.29, 1.82) is 0 Å². The first-order valence-electron chi connectivity index (χ1n) is 7.33. The van der Waals surface area contributed by atoms with Gasteiger partial charge < -0.3 is 10.6 Å². The zero-order chi connectivity index (χ0) is 15.5.